The number of ether oxygens (including phenoxy) is 2. The van der Waals surface area contributed by atoms with Gasteiger partial charge in [0, 0.05) is 7.11 Å². The van der Waals surface area contributed by atoms with E-state index in [0.717, 1.165) is 0 Å². The van der Waals surface area contributed by atoms with E-state index in [4.69, 9.17) is 9.47 Å². The molecule has 1 fully saturated rings. The quantitative estimate of drug-likeness (QED) is 0.452. The molecule has 1 aliphatic rings. The predicted octanol–water partition coefficient (Wildman–Crippen LogP) is 2.56. The number of hydrogen-bond donors (Lipinski definition) is 0. The van der Waals surface area contributed by atoms with Gasteiger partial charge < -0.3 is 9.47 Å². The van der Waals surface area contributed by atoms with Crippen LogP contribution in [-0.2, 0) is 14.3 Å². The number of halogens is 1. The molecule has 0 bridgehead atoms. The maximum atomic E-state index is 11.4. The third kappa shape index (κ3) is 3.59. The Morgan fingerprint density at radius 3 is 2.33 bits per heavy atom. The molecule has 15 heavy (non-hydrogen) atoms. The molecular weight excluding hydrogens is 307 g/mol. The first-order chi connectivity index (χ1) is 7.20. The van der Waals surface area contributed by atoms with Gasteiger partial charge in [-0.05, 0) is 18.8 Å². The highest BCUT2D eigenvalue weighted by Gasteiger charge is 2.33. The molecule has 0 aliphatic heterocycles. The van der Waals surface area contributed by atoms with Gasteiger partial charge in [-0.25, -0.2) is 0 Å². The van der Waals surface area contributed by atoms with Crippen LogP contribution in [0, 0.1) is 5.92 Å². The minimum absolute atomic E-state index is 0.0124. The van der Waals surface area contributed by atoms with E-state index in [0.29, 0.717) is 5.92 Å². The summed E-state index contributed by atoms with van der Waals surface area (Å²) in [4.78, 5) is 11.4. The lowest BCUT2D eigenvalue weighted by atomic mass is 9.84. The fourth-order valence-electron chi connectivity index (χ4n) is 2.26. The van der Waals surface area contributed by atoms with Crippen LogP contribution in [0.5, 0.6) is 0 Å². The van der Waals surface area contributed by atoms with Crippen molar-refractivity contribution in [3.05, 3.63) is 0 Å². The highest BCUT2D eigenvalue weighted by Crippen LogP contribution is 2.31. The lowest BCUT2D eigenvalue weighted by Crippen LogP contribution is -2.38. The van der Waals surface area contributed by atoms with Crippen molar-refractivity contribution in [2.45, 2.75) is 42.1 Å². The largest absolute Gasteiger partial charge is 0.468 e. The Hall–Kier alpha value is 0.160. The molecule has 0 unspecified atom stereocenters. The second-order valence-corrected chi connectivity index (χ2v) is 5.37. The normalized spacial score (nSPS) is 22.1. The summed E-state index contributed by atoms with van der Waals surface area (Å²) >= 11 is 2.13. The average molecular weight is 326 g/mol. The first-order valence-electron chi connectivity index (χ1n) is 5.45. The molecule has 0 aromatic heterocycles. The molecule has 0 saturated heterocycles. The van der Waals surface area contributed by atoms with E-state index >= 15 is 0 Å². The number of rotatable bonds is 4. The highest BCUT2D eigenvalue weighted by molar-refractivity contribution is 14.1. The Labute approximate surface area is 105 Å². The van der Waals surface area contributed by atoms with Gasteiger partial charge in [0.05, 0.1) is 13.2 Å². The number of carbonyl (C=O) groups is 1. The maximum absolute atomic E-state index is 11.4. The van der Waals surface area contributed by atoms with Gasteiger partial charge >= 0.3 is 5.97 Å². The zero-order chi connectivity index (χ0) is 11.3. The standard InChI is InChI=1S/C11H19IO3/c1-14-10(9(12)11(13)15-2)8-6-4-3-5-7-8/h8-10H,3-7H2,1-2H3/t9-,10-/m0/s1. The Kier molecular flexibility index (Phi) is 5.89. The number of carbonyl (C=O) groups excluding carboxylic acids is 1. The molecule has 0 aromatic carbocycles. The molecular formula is C11H19IO3. The number of alkyl halides is 1. The molecule has 3 nitrogen and oxygen atoms in total. The second kappa shape index (κ2) is 6.68. The summed E-state index contributed by atoms with van der Waals surface area (Å²) in [5.74, 6) is 0.345. The molecule has 1 aliphatic carbocycles. The monoisotopic (exact) mass is 326 g/mol. The summed E-state index contributed by atoms with van der Waals surface area (Å²) in [6.07, 6.45) is 6.20. The van der Waals surface area contributed by atoms with Crippen molar-refractivity contribution < 1.29 is 14.3 Å². The van der Waals surface area contributed by atoms with Crippen LogP contribution in [0.3, 0.4) is 0 Å². The van der Waals surface area contributed by atoms with Gasteiger partial charge in [-0.1, -0.05) is 41.9 Å². The molecule has 88 valence electrons. The minimum Gasteiger partial charge on any atom is -0.468 e. The number of hydrogen-bond acceptors (Lipinski definition) is 3. The van der Waals surface area contributed by atoms with Crippen LogP contribution >= 0.6 is 22.6 Å². The van der Waals surface area contributed by atoms with E-state index in [1.54, 1.807) is 7.11 Å². The molecule has 0 aromatic rings. The van der Waals surface area contributed by atoms with Crippen molar-refractivity contribution in [2.24, 2.45) is 5.92 Å². The van der Waals surface area contributed by atoms with Gasteiger partial charge in [0.15, 0.2) is 0 Å². The van der Waals surface area contributed by atoms with Gasteiger partial charge in [0.2, 0.25) is 0 Å². The Bertz CT molecular complexity index is 202. The number of methoxy groups -OCH3 is 2. The molecule has 0 spiro atoms. The van der Waals surface area contributed by atoms with Crippen LogP contribution in [0.2, 0.25) is 0 Å². The second-order valence-electron chi connectivity index (χ2n) is 4.02. The van der Waals surface area contributed by atoms with Crippen LogP contribution < -0.4 is 0 Å². The van der Waals surface area contributed by atoms with Crippen LogP contribution in [0.15, 0.2) is 0 Å². The summed E-state index contributed by atoms with van der Waals surface area (Å²) in [7, 11) is 3.12. The summed E-state index contributed by atoms with van der Waals surface area (Å²) in [5, 5.41) is 0. The van der Waals surface area contributed by atoms with E-state index in [2.05, 4.69) is 22.6 Å². The van der Waals surface area contributed by atoms with Crippen LogP contribution in [-0.4, -0.2) is 30.2 Å². The van der Waals surface area contributed by atoms with E-state index in [9.17, 15) is 4.79 Å². The molecule has 4 heteroatoms. The van der Waals surface area contributed by atoms with Crippen molar-refractivity contribution in [3.8, 4) is 0 Å². The van der Waals surface area contributed by atoms with Crippen molar-refractivity contribution >= 4 is 28.6 Å². The lowest BCUT2D eigenvalue weighted by Gasteiger charge is -2.31. The number of esters is 1. The van der Waals surface area contributed by atoms with Crippen LogP contribution in [0.25, 0.3) is 0 Å². The molecule has 0 heterocycles. The smallest absolute Gasteiger partial charge is 0.321 e. The molecule has 1 saturated carbocycles. The van der Waals surface area contributed by atoms with Crippen LogP contribution in [0.4, 0.5) is 0 Å². The highest BCUT2D eigenvalue weighted by atomic mass is 127. The zero-order valence-electron chi connectivity index (χ0n) is 9.37. The van der Waals surface area contributed by atoms with Gasteiger partial charge in [-0.2, -0.15) is 0 Å². The van der Waals surface area contributed by atoms with Gasteiger partial charge in [0.1, 0.15) is 3.92 Å². The molecule has 1 rings (SSSR count). The van der Waals surface area contributed by atoms with Crippen molar-refractivity contribution in [1.29, 1.82) is 0 Å². The summed E-state index contributed by atoms with van der Waals surface area (Å²) in [5.41, 5.74) is 0. The Balaban J connectivity index is 2.56. The zero-order valence-corrected chi connectivity index (χ0v) is 11.5. The average Bonchev–Trinajstić information content (AvgIpc) is 2.30. The molecule has 0 amide bonds. The first kappa shape index (κ1) is 13.2. The van der Waals surface area contributed by atoms with Crippen molar-refractivity contribution in [2.75, 3.05) is 14.2 Å². The van der Waals surface area contributed by atoms with E-state index in [1.165, 1.54) is 39.2 Å². The third-order valence-corrected chi connectivity index (χ3v) is 4.32. The van der Waals surface area contributed by atoms with Crippen molar-refractivity contribution in [1.82, 2.24) is 0 Å². The first-order valence-corrected chi connectivity index (χ1v) is 6.70. The Morgan fingerprint density at radius 2 is 1.87 bits per heavy atom. The maximum Gasteiger partial charge on any atom is 0.321 e. The topological polar surface area (TPSA) is 35.5 Å². The summed E-state index contributed by atoms with van der Waals surface area (Å²) < 4.78 is 10.0. The van der Waals surface area contributed by atoms with E-state index in [-0.39, 0.29) is 16.0 Å². The fraction of sp³-hybridized carbons (Fsp3) is 0.909. The lowest BCUT2D eigenvalue weighted by molar-refractivity contribution is -0.143. The van der Waals surface area contributed by atoms with Crippen molar-refractivity contribution in [3.63, 3.8) is 0 Å². The SMILES string of the molecule is COC(=O)[C@@H](I)[C@@H](OC)C1CCCCC1. The predicted molar refractivity (Wildman–Crippen MR) is 67.2 cm³/mol. The fourth-order valence-corrected chi connectivity index (χ4v) is 3.40. The molecule has 2 atom stereocenters. The summed E-state index contributed by atoms with van der Waals surface area (Å²) in [6.45, 7) is 0. The van der Waals surface area contributed by atoms with Gasteiger partial charge in [0.25, 0.3) is 0 Å². The van der Waals surface area contributed by atoms with E-state index < -0.39 is 0 Å². The molecule has 0 radical (unpaired) electrons. The van der Waals surface area contributed by atoms with Gasteiger partial charge in [-0.3, -0.25) is 4.79 Å². The van der Waals surface area contributed by atoms with Gasteiger partial charge in [-0.15, -0.1) is 0 Å². The Morgan fingerprint density at radius 1 is 1.27 bits per heavy atom. The third-order valence-electron chi connectivity index (χ3n) is 3.10. The summed E-state index contributed by atoms with van der Waals surface area (Å²) in [6, 6.07) is 0. The molecule has 0 N–H and O–H groups in total. The minimum atomic E-state index is -0.180. The van der Waals surface area contributed by atoms with Crippen LogP contribution in [0.1, 0.15) is 32.1 Å². The van der Waals surface area contributed by atoms with E-state index in [1.807, 2.05) is 0 Å².